The summed E-state index contributed by atoms with van der Waals surface area (Å²) < 4.78 is 92.2. The molecule has 1 atom stereocenters. The number of rotatable bonds is 8. The third-order valence-electron chi connectivity index (χ3n) is 5.60. The van der Waals surface area contributed by atoms with Crippen LogP contribution in [0.4, 0.5) is 32.0 Å². The van der Waals surface area contributed by atoms with Gasteiger partial charge in [0.25, 0.3) is 5.60 Å². The van der Waals surface area contributed by atoms with E-state index in [0.29, 0.717) is 37.3 Å². The molecule has 1 fully saturated rings. The smallest absolute Gasteiger partial charge is 0.367 e. The van der Waals surface area contributed by atoms with Gasteiger partial charge in [0.05, 0.1) is 5.33 Å². The van der Waals surface area contributed by atoms with Crippen LogP contribution < -0.4 is 4.90 Å². The first-order valence-electron chi connectivity index (χ1n) is 10.3. The first-order valence-corrected chi connectivity index (χ1v) is 11.5. The number of nitrogens with zero attached hydrogens (tertiary/aromatic N) is 2. The van der Waals surface area contributed by atoms with Gasteiger partial charge in [-0.05, 0) is 25.0 Å². The molecule has 5 nitrogen and oxygen atoms in total. The number of benzene rings is 1. The highest BCUT2D eigenvalue weighted by Gasteiger charge is 2.73. The quantitative estimate of drug-likeness (QED) is 0.260. The second-order valence-corrected chi connectivity index (χ2v) is 8.40. The Kier molecular flexibility index (Phi) is 9.08. The van der Waals surface area contributed by atoms with Crippen LogP contribution in [0.15, 0.2) is 18.2 Å². The van der Waals surface area contributed by atoms with Crippen LogP contribution in [-0.2, 0) is 26.3 Å². The van der Waals surface area contributed by atoms with E-state index in [9.17, 15) is 31.1 Å². The van der Waals surface area contributed by atoms with E-state index in [2.05, 4.69) is 25.4 Å². The normalized spacial score (nSPS) is 18.1. The Balaban J connectivity index is 2.53. The molecule has 0 radical (unpaired) electrons. The second-order valence-electron chi connectivity index (χ2n) is 7.84. The molecule has 33 heavy (non-hydrogen) atoms. The van der Waals surface area contributed by atoms with Gasteiger partial charge in [-0.25, -0.2) is 0 Å². The Morgan fingerprint density at radius 2 is 1.79 bits per heavy atom. The molecule has 0 saturated carbocycles. The molecule has 1 saturated heterocycles. The zero-order valence-electron chi connectivity index (χ0n) is 18.5. The second kappa shape index (κ2) is 10.8. The Labute approximate surface area is 197 Å². The van der Waals surface area contributed by atoms with E-state index in [4.69, 9.17) is 0 Å². The van der Waals surface area contributed by atoms with Gasteiger partial charge in [-0.2, -0.15) is 26.3 Å². The lowest BCUT2D eigenvalue weighted by molar-refractivity contribution is -0.400. The van der Waals surface area contributed by atoms with Gasteiger partial charge in [0.2, 0.25) is 5.91 Å². The first kappa shape index (κ1) is 27.7. The summed E-state index contributed by atoms with van der Waals surface area (Å²) in [6, 6.07) is 2.84. The highest BCUT2D eigenvalue weighted by molar-refractivity contribution is 9.09. The molecule has 2 rings (SSSR count). The molecule has 0 aliphatic carbocycles. The van der Waals surface area contributed by atoms with E-state index in [1.54, 1.807) is 11.8 Å². The van der Waals surface area contributed by atoms with Crippen molar-refractivity contribution in [2.75, 3.05) is 43.8 Å². The number of aryl methyl sites for hydroxylation is 1. The van der Waals surface area contributed by atoms with Crippen molar-refractivity contribution >= 4 is 27.5 Å². The van der Waals surface area contributed by atoms with Gasteiger partial charge >= 0.3 is 12.4 Å². The van der Waals surface area contributed by atoms with Crippen molar-refractivity contribution in [2.24, 2.45) is 0 Å². The van der Waals surface area contributed by atoms with Gasteiger partial charge in [0, 0.05) is 44.0 Å². The van der Waals surface area contributed by atoms with Crippen molar-refractivity contribution in [3.63, 3.8) is 0 Å². The molecule has 0 spiro atoms. The number of anilines is 1. The molecular weight excluding hydrogens is 522 g/mol. The Bertz CT molecular complexity index is 804. The van der Waals surface area contributed by atoms with Crippen LogP contribution in [0, 0.1) is 0 Å². The predicted octanol–water partition coefficient (Wildman–Crippen LogP) is 5.01. The summed E-state index contributed by atoms with van der Waals surface area (Å²) in [4.78, 5) is 15.6. The molecule has 1 amide bonds. The molecule has 1 heterocycles. The van der Waals surface area contributed by atoms with Crippen LogP contribution in [0.2, 0.25) is 0 Å². The summed E-state index contributed by atoms with van der Waals surface area (Å²) >= 11 is 3.14. The largest absolute Gasteiger partial charge is 0.430 e. The van der Waals surface area contributed by atoms with Gasteiger partial charge in [0.15, 0.2) is 0 Å². The van der Waals surface area contributed by atoms with E-state index >= 15 is 0 Å². The molecule has 0 aromatic heterocycles. The summed E-state index contributed by atoms with van der Waals surface area (Å²) in [6.45, 7) is 3.64. The average molecular weight is 549 g/mol. The van der Waals surface area contributed by atoms with E-state index in [1.165, 1.54) is 6.07 Å². The van der Waals surface area contributed by atoms with Gasteiger partial charge in [-0.1, -0.05) is 41.4 Å². The fourth-order valence-electron chi connectivity index (χ4n) is 4.09. The maximum atomic E-state index is 13.9. The molecular formula is C21H27BrF6N2O3. The zero-order chi connectivity index (χ0) is 25.0. The highest BCUT2D eigenvalue weighted by atomic mass is 79.9. The number of amides is 1. The summed E-state index contributed by atoms with van der Waals surface area (Å²) in [5, 5.41) is 0.172. The van der Waals surface area contributed by atoms with Gasteiger partial charge < -0.3 is 19.3 Å². The maximum absolute atomic E-state index is 13.9. The highest BCUT2D eigenvalue weighted by Crippen LogP contribution is 2.53. The minimum Gasteiger partial charge on any atom is -0.367 e. The number of carbonyl (C=O) groups is 1. The Morgan fingerprint density at radius 1 is 1.15 bits per heavy atom. The number of piperazine rings is 1. The van der Waals surface area contributed by atoms with Crippen LogP contribution >= 0.6 is 15.9 Å². The number of methoxy groups -OCH3 is 1. The standard InChI is InChI=1S/C21H27BrF6N2O3/c1-4-5-15-10-16(19(20(23,24)25,21(26,27)28)33-13-32-3)6-7-17(15)29-8-9-30(14(2)12-29)18(31)11-22/h6-7,10,14H,4-5,8-9,11-13H2,1-3H3. The lowest BCUT2D eigenvalue weighted by Crippen LogP contribution is -2.56. The molecule has 0 bridgehead atoms. The van der Waals surface area contributed by atoms with E-state index < -0.39 is 30.3 Å². The molecule has 12 heteroatoms. The summed E-state index contributed by atoms with van der Waals surface area (Å²) in [7, 11) is 0.949. The lowest BCUT2D eigenvalue weighted by atomic mass is 9.89. The molecule has 1 unspecified atom stereocenters. The third-order valence-corrected chi connectivity index (χ3v) is 6.08. The van der Waals surface area contributed by atoms with Crippen LogP contribution in [0.1, 0.15) is 31.4 Å². The fourth-order valence-corrected chi connectivity index (χ4v) is 4.41. The minimum absolute atomic E-state index is 0.0818. The molecule has 1 aromatic rings. The Morgan fingerprint density at radius 3 is 2.27 bits per heavy atom. The number of ether oxygens (including phenoxy) is 2. The van der Waals surface area contributed by atoms with Crippen molar-refractivity contribution in [2.45, 2.75) is 50.7 Å². The molecule has 1 aliphatic rings. The van der Waals surface area contributed by atoms with Crippen LogP contribution in [0.5, 0.6) is 0 Å². The van der Waals surface area contributed by atoms with E-state index in [0.717, 1.165) is 19.2 Å². The number of hydrogen-bond donors (Lipinski definition) is 0. The van der Waals surface area contributed by atoms with Crippen molar-refractivity contribution in [3.05, 3.63) is 29.3 Å². The summed E-state index contributed by atoms with van der Waals surface area (Å²) in [5.74, 6) is -0.0818. The number of hydrogen-bond acceptors (Lipinski definition) is 4. The Hall–Kier alpha value is -1.53. The monoisotopic (exact) mass is 548 g/mol. The first-order chi connectivity index (χ1) is 15.3. The molecule has 1 aliphatic heterocycles. The van der Waals surface area contributed by atoms with E-state index in [-0.39, 0.29) is 23.7 Å². The maximum Gasteiger partial charge on any atom is 0.430 e. The van der Waals surface area contributed by atoms with Crippen molar-refractivity contribution in [3.8, 4) is 0 Å². The van der Waals surface area contributed by atoms with Gasteiger partial charge in [0.1, 0.15) is 6.79 Å². The van der Waals surface area contributed by atoms with Gasteiger partial charge in [-0.15, -0.1) is 0 Å². The number of halogens is 7. The van der Waals surface area contributed by atoms with Crippen LogP contribution in [0.3, 0.4) is 0 Å². The minimum atomic E-state index is -5.77. The molecule has 188 valence electrons. The lowest BCUT2D eigenvalue weighted by Gasteiger charge is -2.42. The van der Waals surface area contributed by atoms with Gasteiger partial charge in [-0.3, -0.25) is 4.79 Å². The summed E-state index contributed by atoms with van der Waals surface area (Å²) in [5.41, 5.74) is -4.68. The van der Waals surface area contributed by atoms with Crippen molar-refractivity contribution in [1.29, 1.82) is 0 Å². The van der Waals surface area contributed by atoms with Crippen molar-refractivity contribution < 1.29 is 40.6 Å². The topological polar surface area (TPSA) is 42.0 Å². The van der Waals surface area contributed by atoms with Crippen LogP contribution in [0.25, 0.3) is 0 Å². The predicted molar refractivity (Wildman–Crippen MR) is 114 cm³/mol. The summed E-state index contributed by atoms with van der Waals surface area (Å²) in [6.07, 6.45) is -10.8. The SMILES string of the molecule is CCCc1cc(C(OCOC)(C(F)(F)F)C(F)(F)F)ccc1N1CCN(C(=O)CBr)C(C)C1. The molecule has 0 N–H and O–H groups in total. The number of alkyl halides is 7. The number of carbonyl (C=O) groups excluding carboxylic acids is 1. The third kappa shape index (κ3) is 5.59. The van der Waals surface area contributed by atoms with E-state index in [1.807, 2.05) is 11.8 Å². The zero-order valence-corrected chi connectivity index (χ0v) is 20.1. The van der Waals surface area contributed by atoms with Crippen molar-refractivity contribution in [1.82, 2.24) is 4.90 Å². The molecule has 1 aromatic carbocycles. The van der Waals surface area contributed by atoms with Crippen LogP contribution in [-0.4, -0.2) is 68.1 Å². The average Bonchev–Trinajstić information content (AvgIpc) is 2.72. The fraction of sp³-hybridized carbons (Fsp3) is 0.667.